The van der Waals surface area contributed by atoms with Gasteiger partial charge in [0, 0.05) is 6.08 Å². The van der Waals surface area contributed by atoms with Gasteiger partial charge >= 0.3 is 5.97 Å². The van der Waals surface area contributed by atoms with E-state index in [4.69, 9.17) is 9.84 Å². The van der Waals surface area contributed by atoms with Crippen molar-refractivity contribution in [1.82, 2.24) is 0 Å². The second-order valence-corrected chi connectivity index (χ2v) is 3.49. The number of aliphatic carboxylic acids is 1. The van der Waals surface area contributed by atoms with Crippen LogP contribution in [0.25, 0.3) is 6.08 Å². The molecule has 1 aromatic carbocycles. The summed E-state index contributed by atoms with van der Waals surface area (Å²) in [6.07, 6.45) is 4.70. The van der Waals surface area contributed by atoms with E-state index >= 15 is 0 Å². The lowest BCUT2D eigenvalue weighted by Crippen LogP contribution is -1.92. The third-order valence-electron chi connectivity index (χ3n) is 2.27. The first kappa shape index (κ1) is 12.3. The van der Waals surface area contributed by atoms with Gasteiger partial charge in [-0.3, -0.25) is 0 Å². The van der Waals surface area contributed by atoms with Gasteiger partial charge in [-0.1, -0.05) is 19.4 Å². The molecule has 0 aliphatic heterocycles. The second kappa shape index (κ2) is 5.95. The van der Waals surface area contributed by atoms with Gasteiger partial charge in [0.25, 0.3) is 0 Å². The van der Waals surface area contributed by atoms with Gasteiger partial charge in [-0.15, -0.1) is 0 Å². The second-order valence-electron chi connectivity index (χ2n) is 3.49. The number of ether oxygens (including phenoxy) is 1. The Kier molecular flexibility index (Phi) is 4.58. The Morgan fingerprint density at radius 3 is 2.81 bits per heavy atom. The average Bonchev–Trinajstić information content (AvgIpc) is 2.27. The minimum atomic E-state index is -0.932. The lowest BCUT2D eigenvalue weighted by Gasteiger charge is -2.07. The van der Waals surface area contributed by atoms with Crippen LogP contribution in [0, 0.1) is 0 Å². The summed E-state index contributed by atoms with van der Waals surface area (Å²) < 4.78 is 5.14. The van der Waals surface area contributed by atoms with Crippen molar-refractivity contribution in [2.75, 3.05) is 7.11 Å². The molecule has 0 saturated carbocycles. The summed E-state index contributed by atoms with van der Waals surface area (Å²) in [6, 6.07) is 5.66. The van der Waals surface area contributed by atoms with Crippen LogP contribution in [0.5, 0.6) is 5.75 Å². The highest BCUT2D eigenvalue weighted by Crippen LogP contribution is 2.20. The molecule has 0 unspecified atom stereocenters. The molecular formula is C13H16O3. The normalized spacial score (nSPS) is 10.6. The number of carbonyl (C=O) groups is 1. The Labute approximate surface area is 95.4 Å². The van der Waals surface area contributed by atoms with E-state index in [0.717, 1.165) is 35.8 Å². The summed E-state index contributed by atoms with van der Waals surface area (Å²) in [5.74, 6) is -0.130. The molecule has 0 saturated heterocycles. The van der Waals surface area contributed by atoms with Gasteiger partial charge in [0.2, 0.25) is 0 Å². The van der Waals surface area contributed by atoms with Gasteiger partial charge in [-0.05, 0) is 35.8 Å². The highest BCUT2D eigenvalue weighted by Gasteiger charge is 2.01. The van der Waals surface area contributed by atoms with Crippen molar-refractivity contribution in [3.05, 3.63) is 35.4 Å². The molecule has 86 valence electrons. The molecule has 16 heavy (non-hydrogen) atoms. The molecule has 1 aromatic rings. The first-order valence-electron chi connectivity index (χ1n) is 5.25. The molecule has 0 aliphatic rings. The monoisotopic (exact) mass is 220 g/mol. The standard InChI is InChI=1S/C13H16O3/c1-3-4-11-9-12(16-2)7-5-10(11)6-8-13(14)15/h5-9H,3-4H2,1-2H3,(H,14,15). The zero-order valence-electron chi connectivity index (χ0n) is 9.56. The third kappa shape index (κ3) is 3.42. The minimum Gasteiger partial charge on any atom is -0.497 e. The highest BCUT2D eigenvalue weighted by molar-refractivity contribution is 5.85. The summed E-state index contributed by atoms with van der Waals surface area (Å²) in [5.41, 5.74) is 2.05. The number of aryl methyl sites for hydroxylation is 1. The Hall–Kier alpha value is -1.77. The number of rotatable bonds is 5. The fourth-order valence-electron chi connectivity index (χ4n) is 1.52. The molecule has 0 amide bonds. The van der Waals surface area contributed by atoms with Crippen molar-refractivity contribution in [2.45, 2.75) is 19.8 Å². The number of methoxy groups -OCH3 is 1. The zero-order chi connectivity index (χ0) is 12.0. The smallest absolute Gasteiger partial charge is 0.328 e. The summed E-state index contributed by atoms with van der Waals surface area (Å²) in [4.78, 5) is 10.5. The number of hydrogen-bond donors (Lipinski definition) is 1. The lowest BCUT2D eigenvalue weighted by molar-refractivity contribution is -0.131. The number of hydrogen-bond acceptors (Lipinski definition) is 2. The van der Waals surface area contributed by atoms with Gasteiger partial charge in [0.05, 0.1) is 7.11 Å². The van der Waals surface area contributed by atoms with Crippen molar-refractivity contribution in [3.8, 4) is 5.75 Å². The number of carboxylic acid groups (broad SMARTS) is 1. The maximum atomic E-state index is 10.5. The minimum absolute atomic E-state index is 0.802. The first-order chi connectivity index (χ1) is 7.67. The molecule has 0 radical (unpaired) electrons. The van der Waals surface area contributed by atoms with E-state index in [0.29, 0.717) is 0 Å². The first-order valence-corrected chi connectivity index (χ1v) is 5.25. The summed E-state index contributed by atoms with van der Waals surface area (Å²) in [5, 5.41) is 8.58. The van der Waals surface area contributed by atoms with Crippen molar-refractivity contribution in [1.29, 1.82) is 0 Å². The van der Waals surface area contributed by atoms with E-state index < -0.39 is 5.97 Å². The molecule has 0 fully saturated rings. The number of benzene rings is 1. The quantitative estimate of drug-likeness (QED) is 0.776. The van der Waals surface area contributed by atoms with Crippen molar-refractivity contribution >= 4 is 12.0 Å². The van der Waals surface area contributed by atoms with Crippen molar-refractivity contribution in [3.63, 3.8) is 0 Å². The van der Waals surface area contributed by atoms with Crippen molar-refractivity contribution in [2.24, 2.45) is 0 Å². The largest absolute Gasteiger partial charge is 0.497 e. The Balaban J connectivity index is 3.02. The molecule has 0 bridgehead atoms. The fraction of sp³-hybridized carbons (Fsp3) is 0.308. The van der Waals surface area contributed by atoms with Gasteiger partial charge in [-0.2, -0.15) is 0 Å². The molecule has 0 aliphatic carbocycles. The molecule has 1 N–H and O–H groups in total. The van der Waals surface area contributed by atoms with E-state index in [1.165, 1.54) is 0 Å². The maximum Gasteiger partial charge on any atom is 0.328 e. The molecular weight excluding hydrogens is 204 g/mol. The average molecular weight is 220 g/mol. The van der Waals surface area contributed by atoms with Crippen LogP contribution in [0.4, 0.5) is 0 Å². The van der Waals surface area contributed by atoms with E-state index in [1.54, 1.807) is 13.2 Å². The summed E-state index contributed by atoms with van der Waals surface area (Å²) in [6.45, 7) is 2.09. The lowest BCUT2D eigenvalue weighted by atomic mass is 10.0. The molecule has 0 heterocycles. The molecule has 3 heteroatoms. The third-order valence-corrected chi connectivity index (χ3v) is 2.27. The van der Waals surface area contributed by atoms with Crippen LogP contribution in [-0.4, -0.2) is 18.2 Å². The van der Waals surface area contributed by atoms with Gasteiger partial charge in [0.1, 0.15) is 5.75 Å². The Morgan fingerprint density at radius 2 is 2.25 bits per heavy atom. The maximum absolute atomic E-state index is 10.5. The van der Waals surface area contributed by atoms with Crippen LogP contribution < -0.4 is 4.74 Å². The van der Waals surface area contributed by atoms with Gasteiger partial charge < -0.3 is 9.84 Å². The van der Waals surface area contributed by atoms with E-state index in [-0.39, 0.29) is 0 Å². The van der Waals surface area contributed by atoms with Crippen LogP contribution in [0.2, 0.25) is 0 Å². The predicted molar refractivity (Wildman–Crippen MR) is 63.7 cm³/mol. The molecule has 0 spiro atoms. The topological polar surface area (TPSA) is 46.5 Å². The molecule has 1 rings (SSSR count). The van der Waals surface area contributed by atoms with E-state index in [1.807, 2.05) is 18.2 Å². The van der Waals surface area contributed by atoms with Crippen LogP contribution in [0.3, 0.4) is 0 Å². The Morgan fingerprint density at radius 1 is 1.50 bits per heavy atom. The summed E-state index contributed by atoms with van der Waals surface area (Å²) >= 11 is 0. The summed E-state index contributed by atoms with van der Waals surface area (Å²) in [7, 11) is 1.62. The predicted octanol–water partition coefficient (Wildman–Crippen LogP) is 2.75. The van der Waals surface area contributed by atoms with Gasteiger partial charge in [-0.25, -0.2) is 4.79 Å². The van der Waals surface area contributed by atoms with E-state index in [9.17, 15) is 4.79 Å². The van der Waals surface area contributed by atoms with Crippen LogP contribution >= 0.6 is 0 Å². The Bertz CT molecular complexity index is 394. The SMILES string of the molecule is CCCc1cc(OC)ccc1C=CC(=O)O. The van der Waals surface area contributed by atoms with Crippen LogP contribution in [0.15, 0.2) is 24.3 Å². The van der Waals surface area contributed by atoms with Crippen LogP contribution in [-0.2, 0) is 11.2 Å². The van der Waals surface area contributed by atoms with E-state index in [2.05, 4.69) is 6.92 Å². The van der Waals surface area contributed by atoms with Crippen LogP contribution in [0.1, 0.15) is 24.5 Å². The highest BCUT2D eigenvalue weighted by atomic mass is 16.5. The fourth-order valence-corrected chi connectivity index (χ4v) is 1.52. The van der Waals surface area contributed by atoms with Crippen molar-refractivity contribution < 1.29 is 14.6 Å². The molecule has 3 nitrogen and oxygen atoms in total. The molecule has 0 atom stereocenters. The number of carboxylic acids is 1. The molecule has 0 aromatic heterocycles. The zero-order valence-corrected chi connectivity index (χ0v) is 9.56. The van der Waals surface area contributed by atoms with Gasteiger partial charge in [0.15, 0.2) is 0 Å².